The minimum Gasteiger partial charge on any atom is -0.508 e. The molecule has 0 radical (unpaired) electrons. The van der Waals surface area contributed by atoms with E-state index in [1.54, 1.807) is 0 Å². The zero-order valence-corrected chi connectivity index (χ0v) is 37.3. The molecule has 0 aromatic heterocycles. The first-order valence-corrected chi connectivity index (χ1v) is 22.1. The number of phenolic OH excluding ortho intramolecular Hbond substituents is 2. The van der Waals surface area contributed by atoms with Crippen LogP contribution in [-0.2, 0) is 9.59 Å². The SMILES string of the molecule is C/C(=C/CC/C(C)=C\CC/C(=C\C(=O)c1cc(O)ccc1O)C(=O)C[C@](C)(O)[C@@H](O)CC[C@@H](C)[C@@H]1CC[C@]2(C)C3=CC[C@H]4C(C)(C)C(=O)CC[C@@]4(C)C3=CC[C@]12C)CO. The third-order valence-corrected chi connectivity index (χ3v) is 16.0. The average molecular weight is 813 g/mol. The van der Waals surface area contributed by atoms with Gasteiger partial charge in [0.15, 0.2) is 11.6 Å². The van der Waals surface area contributed by atoms with Crippen LogP contribution in [0.15, 0.2) is 76.4 Å². The molecule has 8 nitrogen and oxygen atoms in total. The van der Waals surface area contributed by atoms with Crippen molar-refractivity contribution in [1.29, 1.82) is 0 Å². The summed E-state index contributed by atoms with van der Waals surface area (Å²) in [7, 11) is 0. The number of aromatic hydroxyl groups is 2. The molecule has 5 N–H and O–H groups in total. The van der Waals surface area contributed by atoms with E-state index in [2.05, 4.69) is 53.7 Å². The fraction of sp³-hybridized carbons (Fsp3) is 0.627. The third-order valence-electron chi connectivity index (χ3n) is 16.0. The molecule has 4 aliphatic carbocycles. The van der Waals surface area contributed by atoms with Gasteiger partial charge >= 0.3 is 0 Å². The fourth-order valence-electron chi connectivity index (χ4n) is 11.7. The highest BCUT2D eigenvalue weighted by Crippen LogP contribution is 2.71. The second-order valence-corrected chi connectivity index (χ2v) is 20.3. The Kier molecular flexibility index (Phi) is 14.0. The van der Waals surface area contributed by atoms with Crippen molar-refractivity contribution >= 4 is 17.3 Å². The van der Waals surface area contributed by atoms with Gasteiger partial charge in [0.25, 0.3) is 0 Å². The maximum Gasteiger partial charge on any atom is 0.190 e. The molecule has 1 aromatic carbocycles. The van der Waals surface area contributed by atoms with Crippen molar-refractivity contribution in [2.75, 3.05) is 6.61 Å². The van der Waals surface area contributed by atoms with Crippen LogP contribution in [0.5, 0.6) is 11.5 Å². The molecule has 0 bridgehead atoms. The van der Waals surface area contributed by atoms with Gasteiger partial charge < -0.3 is 25.5 Å². The number of carbonyl (C=O) groups is 3. The largest absolute Gasteiger partial charge is 0.508 e. The number of fused-ring (bicyclic) bond motifs is 5. The summed E-state index contributed by atoms with van der Waals surface area (Å²) in [5.41, 5.74) is 2.92. The van der Waals surface area contributed by atoms with Crippen LogP contribution in [0.2, 0.25) is 0 Å². The van der Waals surface area contributed by atoms with Crippen LogP contribution in [-0.4, -0.2) is 61.2 Å². The zero-order chi connectivity index (χ0) is 43.7. The molecule has 0 amide bonds. The molecule has 0 unspecified atom stereocenters. The van der Waals surface area contributed by atoms with Gasteiger partial charge in [0.2, 0.25) is 0 Å². The molecule has 0 aliphatic heterocycles. The Morgan fingerprint density at radius 2 is 1.63 bits per heavy atom. The molecule has 0 spiro atoms. The van der Waals surface area contributed by atoms with Crippen molar-refractivity contribution < 1.29 is 39.9 Å². The topological polar surface area (TPSA) is 152 Å². The van der Waals surface area contributed by atoms with E-state index in [4.69, 9.17) is 0 Å². The Bertz CT molecular complexity index is 1940. The summed E-state index contributed by atoms with van der Waals surface area (Å²) in [4.78, 5) is 40.3. The number of aliphatic hydroxyl groups excluding tert-OH is 2. The Balaban J connectivity index is 1.26. The van der Waals surface area contributed by atoms with Crippen LogP contribution in [0.4, 0.5) is 0 Å². The van der Waals surface area contributed by atoms with Crippen molar-refractivity contribution in [1.82, 2.24) is 0 Å². The summed E-state index contributed by atoms with van der Waals surface area (Å²) in [6.45, 7) is 19.2. The lowest BCUT2D eigenvalue weighted by molar-refractivity contribution is -0.138. The van der Waals surface area contributed by atoms with Crippen molar-refractivity contribution in [3.8, 4) is 11.5 Å². The molecular weight excluding hydrogens is 741 g/mol. The average Bonchev–Trinajstić information content (AvgIpc) is 3.46. The third kappa shape index (κ3) is 9.21. The molecule has 4 aliphatic rings. The molecule has 2 saturated carbocycles. The quantitative estimate of drug-likeness (QED) is 0.0451. The second-order valence-electron chi connectivity index (χ2n) is 20.3. The van der Waals surface area contributed by atoms with Gasteiger partial charge in [-0.2, -0.15) is 0 Å². The lowest BCUT2D eigenvalue weighted by atomic mass is 9.44. The Morgan fingerprint density at radius 3 is 2.32 bits per heavy atom. The van der Waals surface area contributed by atoms with E-state index in [1.165, 1.54) is 36.3 Å². The van der Waals surface area contributed by atoms with Crippen molar-refractivity contribution in [2.45, 2.75) is 157 Å². The maximum absolute atomic E-state index is 13.9. The summed E-state index contributed by atoms with van der Waals surface area (Å²) >= 11 is 0. The molecule has 1 aromatic rings. The predicted molar refractivity (Wildman–Crippen MR) is 234 cm³/mol. The molecule has 59 heavy (non-hydrogen) atoms. The van der Waals surface area contributed by atoms with E-state index < -0.39 is 23.3 Å². The molecule has 8 heteroatoms. The van der Waals surface area contributed by atoms with E-state index in [0.717, 1.165) is 62.2 Å². The summed E-state index contributed by atoms with van der Waals surface area (Å²) in [5, 5.41) is 52.7. The number of benzene rings is 1. The van der Waals surface area contributed by atoms with Gasteiger partial charge in [-0.1, -0.05) is 77.0 Å². The predicted octanol–water partition coefficient (Wildman–Crippen LogP) is 10.2. The van der Waals surface area contributed by atoms with Crippen LogP contribution < -0.4 is 0 Å². The number of allylic oxidation sites excluding steroid dienone is 9. The van der Waals surface area contributed by atoms with Gasteiger partial charge in [-0.3, -0.25) is 14.4 Å². The van der Waals surface area contributed by atoms with Gasteiger partial charge in [0.1, 0.15) is 17.3 Å². The van der Waals surface area contributed by atoms with E-state index in [9.17, 15) is 39.9 Å². The molecule has 2 fully saturated rings. The summed E-state index contributed by atoms with van der Waals surface area (Å²) < 4.78 is 0. The van der Waals surface area contributed by atoms with Crippen LogP contribution >= 0.6 is 0 Å². The molecular formula is C51H72O8. The zero-order valence-electron chi connectivity index (χ0n) is 37.3. The van der Waals surface area contributed by atoms with Crippen LogP contribution in [0.1, 0.15) is 156 Å². The van der Waals surface area contributed by atoms with Crippen LogP contribution in [0.3, 0.4) is 0 Å². The van der Waals surface area contributed by atoms with E-state index >= 15 is 0 Å². The summed E-state index contributed by atoms with van der Waals surface area (Å²) in [6, 6.07) is 3.64. The number of aliphatic hydroxyl groups is 3. The minimum absolute atomic E-state index is 0.00526. The number of carbonyl (C=O) groups excluding carboxylic acids is 3. The van der Waals surface area contributed by atoms with Crippen LogP contribution in [0, 0.1) is 39.4 Å². The highest BCUT2D eigenvalue weighted by molar-refractivity contribution is 6.11. The number of hydrogen-bond donors (Lipinski definition) is 5. The van der Waals surface area contributed by atoms with Gasteiger partial charge in [0.05, 0.1) is 23.9 Å². The first-order chi connectivity index (χ1) is 27.5. The van der Waals surface area contributed by atoms with Gasteiger partial charge in [-0.05, 0) is 166 Å². The first kappa shape index (κ1) is 46.5. The minimum atomic E-state index is -1.75. The normalized spacial score (nSPS) is 30.3. The Morgan fingerprint density at radius 1 is 0.949 bits per heavy atom. The first-order valence-electron chi connectivity index (χ1n) is 22.1. The lowest BCUT2D eigenvalue weighted by Crippen LogP contribution is -2.53. The summed E-state index contributed by atoms with van der Waals surface area (Å²) in [5.74, 6) is -0.267. The standard InChI is InChI=1S/C51H72O8/c1-32(12-10-14-33(2)31-52)13-11-15-35(28-42(55)37-29-36(53)17-19-41(37)54)43(56)30-51(9,59)46(58)21-16-34(3)38-22-26-50(8)40-18-20-44-47(4,5)45(57)24-25-48(44,6)39(40)23-27-49(38,50)7/h13-14,17-19,23,28-29,34,38,44,46,52-54,58-59H,10-12,15-16,20-22,24-27,30-31H2,1-9H3/b32-13-,33-14-,35-28+/t34-,38+,44+,46+,48+,49-,50-,51+/m1/s1. The number of ketones is 3. The molecule has 0 heterocycles. The van der Waals surface area contributed by atoms with Crippen molar-refractivity contribution in [3.63, 3.8) is 0 Å². The monoisotopic (exact) mass is 813 g/mol. The van der Waals surface area contributed by atoms with Gasteiger partial charge in [0, 0.05) is 18.3 Å². The number of rotatable bonds is 17. The van der Waals surface area contributed by atoms with Gasteiger partial charge in [-0.15, -0.1) is 0 Å². The second kappa shape index (κ2) is 17.8. The number of Topliss-reactive ketones (excluding diaryl/α,β-unsaturated/α-hetero) is 2. The molecule has 0 saturated heterocycles. The molecule has 5 rings (SSSR count). The Hall–Kier alpha value is -3.59. The van der Waals surface area contributed by atoms with E-state index in [1.807, 2.05) is 26.0 Å². The maximum atomic E-state index is 13.9. The number of phenols is 2. The van der Waals surface area contributed by atoms with E-state index in [0.29, 0.717) is 43.3 Å². The van der Waals surface area contributed by atoms with E-state index in [-0.39, 0.29) is 69.7 Å². The molecule has 324 valence electrons. The highest BCUT2D eigenvalue weighted by Gasteiger charge is 2.63. The van der Waals surface area contributed by atoms with Crippen molar-refractivity contribution in [3.05, 3.63) is 82.0 Å². The molecule has 8 atom stereocenters. The van der Waals surface area contributed by atoms with Crippen molar-refractivity contribution in [2.24, 2.45) is 39.4 Å². The Labute approximate surface area is 353 Å². The highest BCUT2D eigenvalue weighted by atomic mass is 16.3. The number of hydrogen-bond acceptors (Lipinski definition) is 8. The smallest absolute Gasteiger partial charge is 0.190 e. The fourth-order valence-corrected chi connectivity index (χ4v) is 11.7. The van der Waals surface area contributed by atoms with Gasteiger partial charge in [-0.25, -0.2) is 0 Å². The lowest BCUT2D eigenvalue weighted by Gasteiger charge is -2.59. The van der Waals surface area contributed by atoms with Crippen LogP contribution in [0.25, 0.3) is 0 Å². The summed E-state index contributed by atoms with van der Waals surface area (Å²) in [6.07, 6.45) is 17.4.